The van der Waals surface area contributed by atoms with Crippen LogP contribution in [0.25, 0.3) is 0 Å². The number of benzene rings is 2. The zero-order valence-corrected chi connectivity index (χ0v) is 16.7. The molecule has 0 bridgehead atoms. The number of rotatable bonds is 7. The molecule has 2 aromatic carbocycles. The maximum atomic E-state index is 12.5. The number of nitrogens with one attached hydrogen (secondary N) is 1. The van der Waals surface area contributed by atoms with Crippen LogP contribution in [0.3, 0.4) is 0 Å². The van der Waals surface area contributed by atoms with Crippen LogP contribution in [0.5, 0.6) is 5.75 Å². The van der Waals surface area contributed by atoms with Crippen LogP contribution in [-0.2, 0) is 20.0 Å². The van der Waals surface area contributed by atoms with Gasteiger partial charge in [-0.1, -0.05) is 17.7 Å². The molecule has 0 aliphatic heterocycles. The first kappa shape index (κ1) is 20.2. The predicted octanol–water partition coefficient (Wildman–Crippen LogP) is 2.44. The topological polar surface area (TPSA) is 92.8 Å². The van der Waals surface area contributed by atoms with E-state index in [0.717, 1.165) is 9.87 Å². The quantitative estimate of drug-likeness (QED) is 0.773. The Balaban J connectivity index is 2.46. The number of aryl methyl sites for hydroxylation is 1. The van der Waals surface area contributed by atoms with Gasteiger partial charge in [-0.2, -0.15) is 0 Å². The Morgan fingerprint density at radius 3 is 2.15 bits per heavy atom. The van der Waals surface area contributed by atoms with Gasteiger partial charge in [-0.05, 0) is 44.2 Å². The Hall–Kier alpha value is -2.10. The Morgan fingerprint density at radius 2 is 1.62 bits per heavy atom. The fraction of sp³-hybridized carbons (Fsp3) is 0.294. The molecule has 2 aromatic rings. The van der Waals surface area contributed by atoms with Crippen LogP contribution in [0.2, 0.25) is 0 Å². The van der Waals surface area contributed by atoms with E-state index in [4.69, 9.17) is 4.74 Å². The summed E-state index contributed by atoms with van der Waals surface area (Å²) in [5.41, 5.74) is 1.07. The number of hydrogen-bond donors (Lipinski definition) is 1. The first-order chi connectivity index (χ1) is 12.1. The summed E-state index contributed by atoms with van der Waals surface area (Å²) in [4.78, 5) is -0.0116. The van der Waals surface area contributed by atoms with Crippen molar-refractivity contribution in [3.05, 3.63) is 48.0 Å². The van der Waals surface area contributed by atoms with E-state index in [1.807, 2.05) is 6.92 Å². The summed E-state index contributed by atoms with van der Waals surface area (Å²) >= 11 is 0. The molecule has 0 unspecified atom stereocenters. The van der Waals surface area contributed by atoms with Gasteiger partial charge in [-0.3, -0.25) is 4.72 Å². The van der Waals surface area contributed by atoms with E-state index in [2.05, 4.69) is 4.72 Å². The van der Waals surface area contributed by atoms with Crippen LogP contribution in [0.1, 0.15) is 12.5 Å². The fourth-order valence-corrected chi connectivity index (χ4v) is 4.28. The number of sulfonamides is 2. The van der Waals surface area contributed by atoms with Crippen molar-refractivity contribution in [1.82, 2.24) is 4.31 Å². The van der Waals surface area contributed by atoms with Crippen molar-refractivity contribution in [1.29, 1.82) is 0 Å². The Kier molecular flexibility index (Phi) is 5.94. The van der Waals surface area contributed by atoms with Gasteiger partial charge in [-0.25, -0.2) is 21.1 Å². The van der Waals surface area contributed by atoms with Gasteiger partial charge < -0.3 is 4.74 Å². The van der Waals surface area contributed by atoms with Crippen LogP contribution >= 0.6 is 0 Å². The van der Waals surface area contributed by atoms with E-state index in [9.17, 15) is 16.8 Å². The van der Waals surface area contributed by atoms with Gasteiger partial charge in [0.15, 0.2) is 0 Å². The molecule has 7 nitrogen and oxygen atoms in total. The second-order valence-electron chi connectivity index (χ2n) is 5.80. The summed E-state index contributed by atoms with van der Waals surface area (Å²) in [6, 6.07) is 10.5. The minimum Gasteiger partial charge on any atom is -0.492 e. The largest absolute Gasteiger partial charge is 0.492 e. The Morgan fingerprint density at radius 1 is 1.00 bits per heavy atom. The third-order valence-corrected chi connectivity index (χ3v) is 6.82. The zero-order chi connectivity index (χ0) is 19.5. The molecular weight excluding hydrogens is 376 g/mol. The molecule has 0 aromatic heterocycles. The summed E-state index contributed by atoms with van der Waals surface area (Å²) in [5.74, 6) is 0.166. The van der Waals surface area contributed by atoms with Gasteiger partial charge in [0.25, 0.3) is 10.0 Å². The smallest absolute Gasteiger partial charge is 0.261 e. The van der Waals surface area contributed by atoms with E-state index < -0.39 is 20.0 Å². The number of ether oxygens (including phenoxy) is 1. The highest BCUT2D eigenvalue weighted by molar-refractivity contribution is 7.92. The van der Waals surface area contributed by atoms with Crippen molar-refractivity contribution in [2.24, 2.45) is 0 Å². The van der Waals surface area contributed by atoms with Crippen molar-refractivity contribution >= 4 is 25.7 Å². The molecule has 1 N–H and O–H groups in total. The molecule has 0 radical (unpaired) electrons. The number of anilines is 1. The third kappa shape index (κ3) is 4.35. The lowest BCUT2D eigenvalue weighted by atomic mass is 10.2. The SMILES string of the molecule is CCOc1ccc(NS(=O)(=O)c2ccc(C)cc2)cc1S(=O)(=O)N(C)C. The standard InChI is InChI=1S/C17H22N2O5S2/c1-5-24-16-11-8-14(12-17(16)26(22,23)19(3)4)18-25(20,21)15-9-6-13(2)7-10-15/h6-12,18H,5H2,1-4H3. The van der Waals surface area contributed by atoms with Crippen molar-refractivity contribution in [3.8, 4) is 5.75 Å². The van der Waals surface area contributed by atoms with Crippen LogP contribution in [-0.4, -0.2) is 41.8 Å². The van der Waals surface area contributed by atoms with Crippen LogP contribution in [0, 0.1) is 6.92 Å². The molecule has 26 heavy (non-hydrogen) atoms. The summed E-state index contributed by atoms with van der Waals surface area (Å²) in [6.45, 7) is 3.87. The highest BCUT2D eigenvalue weighted by Crippen LogP contribution is 2.30. The summed E-state index contributed by atoms with van der Waals surface area (Å²) in [7, 11) is -4.85. The van der Waals surface area contributed by atoms with Crippen LogP contribution in [0.15, 0.2) is 52.3 Å². The van der Waals surface area contributed by atoms with Gasteiger partial charge in [-0.15, -0.1) is 0 Å². The molecule has 0 aliphatic rings. The molecule has 0 saturated heterocycles. The second kappa shape index (κ2) is 7.65. The van der Waals surface area contributed by atoms with E-state index >= 15 is 0 Å². The molecule has 0 fully saturated rings. The minimum atomic E-state index is -3.84. The van der Waals surface area contributed by atoms with Crippen molar-refractivity contribution in [2.45, 2.75) is 23.6 Å². The summed E-state index contributed by atoms with van der Waals surface area (Å²) in [5, 5.41) is 0. The molecule has 2 rings (SSSR count). The highest BCUT2D eigenvalue weighted by atomic mass is 32.2. The van der Waals surface area contributed by atoms with Crippen molar-refractivity contribution < 1.29 is 21.6 Å². The van der Waals surface area contributed by atoms with E-state index in [1.165, 1.54) is 44.4 Å². The highest BCUT2D eigenvalue weighted by Gasteiger charge is 2.24. The molecule has 142 valence electrons. The average Bonchev–Trinajstić information content (AvgIpc) is 2.56. The summed E-state index contributed by atoms with van der Waals surface area (Å²) < 4.78 is 58.9. The van der Waals surface area contributed by atoms with E-state index in [1.54, 1.807) is 19.1 Å². The van der Waals surface area contributed by atoms with E-state index in [0.29, 0.717) is 0 Å². The molecule has 0 heterocycles. The fourth-order valence-electron chi connectivity index (χ4n) is 2.18. The molecule has 0 atom stereocenters. The van der Waals surface area contributed by atoms with Gasteiger partial charge >= 0.3 is 0 Å². The van der Waals surface area contributed by atoms with Gasteiger partial charge in [0, 0.05) is 14.1 Å². The zero-order valence-electron chi connectivity index (χ0n) is 15.1. The predicted molar refractivity (Wildman–Crippen MR) is 100 cm³/mol. The second-order valence-corrected chi connectivity index (χ2v) is 9.60. The third-order valence-electron chi connectivity index (χ3n) is 3.59. The van der Waals surface area contributed by atoms with Gasteiger partial charge in [0.05, 0.1) is 17.2 Å². The number of hydrogen-bond acceptors (Lipinski definition) is 5. The monoisotopic (exact) mass is 398 g/mol. The van der Waals surface area contributed by atoms with Gasteiger partial charge in [0.2, 0.25) is 10.0 Å². The molecule has 0 saturated carbocycles. The lowest BCUT2D eigenvalue weighted by Crippen LogP contribution is -2.23. The van der Waals surface area contributed by atoms with E-state index in [-0.39, 0.29) is 27.8 Å². The number of nitrogens with zero attached hydrogens (tertiary/aromatic N) is 1. The summed E-state index contributed by atoms with van der Waals surface area (Å²) in [6.07, 6.45) is 0. The molecule has 0 amide bonds. The average molecular weight is 399 g/mol. The lowest BCUT2D eigenvalue weighted by molar-refractivity contribution is 0.330. The maximum absolute atomic E-state index is 12.5. The molecule has 9 heteroatoms. The molecule has 0 spiro atoms. The lowest BCUT2D eigenvalue weighted by Gasteiger charge is -2.17. The Bertz CT molecular complexity index is 982. The molecular formula is C17H22N2O5S2. The Labute approximate surface area is 154 Å². The molecule has 0 aliphatic carbocycles. The van der Waals surface area contributed by atoms with Crippen LogP contribution < -0.4 is 9.46 Å². The first-order valence-electron chi connectivity index (χ1n) is 7.87. The maximum Gasteiger partial charge on any atom is 0.261 e. The van der Waals surface area contributed by atoms with Crippen molar-refractivity contribution in [3.63, 3.8) is 0 Å². The van der Waals surface area contributed by atoms with Gasteiger partial charge in [0.1, 0.15) is 10.6 Å². The minimum absolute atomic E-state index is 0.0917. The first-order valence-corrected chi connectivity index (χ1v) is 10.8. The normalized spacial score (nSPS) is 12.2. The van der Waals surface area contributed by atoms with Crippen molar-refractivity contribution in [2.75, 3.05) is 25.4 Å². The van der Waals surface area contributed by atoms with Crippen LogP contribution in [0.4, 0.5) is 5.69 Å².